The Kier molecular flexibility index (Phi) is 10.6. The highest BCUT2D eigenvalue weighted by atomic mass is 31.2. The van der Waals surface area contributed by atoms with Gasteiger partial charge in [-0.15, -0.1) is 0 Å². The minimum absolute atomic E-state index is 0.112. The summed E-state index contributed by atoms with van der Waals surface area (Å²) in [5.41, 5.74) is -0.499. The molecule has 252 valence electrons. The first-order chi connectivity index (χ1) is 21.6. The van der Waals surface area contributed by atoms with Crippen LogP contribution < -0.4 is 15.5 Å². The van der Waals surface area contributed by atoms with Crippen molar-refractivity contribution < 1.29 is 61.2 Å². The van der Waals surface area contributed by atoms with Gasteiger partial charge in [-0.05, 0) is 31.2 Å². The molecule has 1 fully saturated rings. The molecule has 4 N–H and O–H groups in total. The van der Waals surface area contributed by atoms with E-state index < -0.39 is 68.7 Å². The van der Waals surface area contributed by atoms with Gasteiger partial charge in [0.25, 0.3) is 0 Å². The topological polar surface area (TPSA) is 212 Å². The summed E-state index contributed by atoms with van der Waals surface area (Å²) in [4.78, 5) is 51.8. The number of nitrogens with one attached hydrogen (secondary N) is 1. The van der Waals surface area contributed by atoms with Gasteiger partial charge in [0.15, 0.2) is 6.10 Å². The molecule has 46 heavy (non-hydrogen) atoms. The van der Waals surface area contributed by atoms with Gasteiger partial charge in [-0.2, -0.15) is 13.8 Å². The van der Waals surface area contributed by atoms with Crippen molar-refractivity contribution in [2.24, 2.45) is 0 Å². The molecule has 1 aliphatic heterocycles. The number of carbonyl (C=O) groups is 2. The largest absolute Gasteiger partial charge is 0.497 e. The number of carbonyl (C=O) groups excluding carboxylic acids is 2. The van der Waals surface area contributed by atoms with E-state index in [-0.39, 0.29) is 24.7 Å². The maximum atomic E-state index is 15.0. The fourth-order valence-corrected chi connectivity index (χ4v) is 5.66. The molecule has 0 spiro atoms. The molecular weight excluding hydrogens is 641 g/mol. The van der Waals surface area contributed by atoms with E-state index >= 15 is 0 Å². The monoisotopic (exact) mass is 674 g/mol. The van der Waals surface area contributed by atoms with Crippen molar-refractivity contribution in [1.82, 2.24) is 19.5 Å². The van der Waals surface area contributed by atoms with Gasteiger partial charge in [0, 0.05) is 31.2 Å². The minimum Gasteiger partial charge on any atom is -0.497 e. The average Bonchev–Trinajstić information content (AvgIpc) is 3.51. The van der Waals surface area contributed by atoms with Gasteiger partial charge in [-0.25, -0.2) is 14.4 Å². The summed E-state index contributed by atoms with van der Waals surface area (Å²) in [7, 11) is -0.401. The minimum atomic E-state index is -4.70. The van der Waals surface area contributed by atoms with Crippen LogP contribution in [0.15, 0.2) is 39.7 Å². The van der Waals surface area contributed by atoms with Crippen LogP contribution in [0.25, 0.3) is 11.0 Å². The molecule has 3 heterocycles. The molecule has 0 bridgehead atoms. The van der Waals surface area contributed by atoms with E-state index in [4.69, 9.17) is 23.2 Å². The number of amides is 1. The third-order valence-corrected chi connectivity index (χ3v) is 8.14. The number of nitrogens with zero attached hydrogens (tertiary/aromatic N) is 3. The van der Waals surface area contributed by atoms with Crippen molar-refractivity contribution in [3.05, 3.63) is 58.0 Å². The highest BCUT2D eigenvalue weighted by Crippen LogP contribution is 2.45. The lowest BCUT2D eigenvalue weighted by Crippen LogP contribution is -2.42. The van der Waals surface area contributed by atoms with Gasteiger partial charge in [-0.1, -0.05) is 0 Å². The quantitative estimate of drug-likeness (QED) is 0.146. The number of ether oxygens (including phenoxy) is 3. The van der Waals surface area contributed by atoms with Crippen molar-refractivity contribution in [2.75, 3.05) is 27.8 Å². The maximum absolute atomic E-state index is 15.0. The van der Waals surface area contributed by atoms with Gasteiger partial charge < -0.3 is 38.6 Å². The van der Waals surface area contributed by atoms with Crippen molar-refractivity contribution in [3.8, 4) is 5.75 Å². The van der Waals surface area contributed by atoms with E-state index in [2.05, 4.69) is 10.1 Å². The smallest absolute Gasteiger partial charge is 0.403 e. The number of aliphatic hydroxyl groups is 2. The van der Waals surface area contributed by atoms with E-state index in [9.17, 15) is 42.8 Å². The first kappa shape index (κ1) is 35.1. The Morgan fingerprint density at radius 2 is 2.00 bits per heavy atom. The number of likely N-dealkylation sites (N-methyl/N-ethyl adjacent to an activating group) is 1. The van der Waals surface area contributed by atoms with Crippen LogP contribution in [0.3, 0.4) is 0 Å². The summed E-state index contributed by atoms with van der Waals surface area (Å²) >= 11 is 0. The predicted molar refractivity (Wildman–Crippen MR) is 153 cm³/mol. The van der Waals surface area contributed by atoms with Crippen LogP contribution in [0.1, 0.15) is 30.2 Å². The molecule has 5 atom stereocenters. The van der Waals surface area contributed by atoms with E-state index in [1.807, 2.05) is 0 Å². The number of rotatable bonds is 13. The molecule has 2 aromatic heterocycles. The Hall–Kier alpha value is -3.77. The highest BCUT2D eigenvalue weighted by molar-refractivity contribution is 7.50. The van der Waals surface area contributed by atoms with Crippen LogP contribution in [0, 0.1) is 0 Å². The number of hydrogen-bond acceptors (Lipinski definition) is 12. The van der Waals surface area contributed by atoms with Gasteiger partial charge in [-0.3, -0.25) is 18.7 Å². The van der Waals surface area contributed by atoms with Crippen molar-refractivity contribution >= 4 is 30.6 Å². The number of hydrogen-bond donors (Lipinski definition) is 4. The van der Waals surface area contributed by atoms with Crippen LogP contribution in [0.4, 0.5) is 8.78 Å². The standard InChI is InChI=1S/C27H33F2N4O12P/c1-14(24(37)32(2)3)31-46(39,40)43-13-20-23(36)27(28,29)25(45-20)33-6-5-17(30-26(33)38)10-21(35)42-12-19-8-15-7-18(41-4)9-16(11-34)22(15)44-19/h5-9,14,20,23,25,34,36H,10-13H2,1-4H3,(H2,31,39,40)/t14-,20+,23+,25?/m0/s1. The molecule has 2 unspecified atom stereocenters. The van der Waals surface area contributed by atoms with Crippen LogP contribution in [0.2, 0.25) is 0 Å². The molecule has 1 aliphatic rings. The second-order valence-electron chi connectivity index (χ2n) is 10.6. The molecule has 1 amide bonds. The number of aromatic nitrogens is 2. The zero-order valence-corrected chi connectivity index (χ0v) is 26.0. The third-order valence-electron chi connectivity index (χ3n) is 6.93. The summed E-state index contributed by atoms with van der Waals surface area (Å²) in [6.07, 6.45) is -6.37. The van der Waals surface area contributed by atoms with Crippen molar-refractivity contribution in [2.45, 2.75) is 57.0 Å². The summed E-state index contributed by atoms with van der Waals surface area (Å²) in [5.74, 6) is -4.68. The molecule has 0 radical (unpaired) electrons. The lowest BCUT2D eigenvalue weighted by Gasteiger charge is -2.22. The Labute approximate surface area is 260 Å². The van der Waals surface area contributed by atoms with E-state index in [0.29, 0.717) is 26.8 Å². The molecule has 1 aromatic carbocycles. The first-order valence-corrected chi connectivity index (χ1v) is 15.3. The Morgan fingerprint density at radius 1 is 1.28 bits per heavy atom. The van der Waals surface area contributed by atoms with Crippen LogP contribution in [-0.4, -0.2) is 93.4 Å². The zero-order valence-electron chi connectivity index (χ0n) is 25.1. The number of aliphatic hydroxyl groups excluding tert-OH is 2. The number of furan rings is 1. The number of alkyl halides is 2. The number of halogens is 2. The molecule has 0 aliphatic carbocycles. The third kappa shape index (κ3) is 7.78. The summed E-state index contributed by atoms with van der Waals surface area (Å²) in [5, 5.41) is 22.4. The van der Waals surface area contributed by atoms with Gasteiger partial charge in [0.05, 0.1) is 38.5 Å². The maximum Gasteiger partial charge on any atom is 0.403 e. The number of methoxy groups -OCH3 is 1. The van der Waals surface area contributed by atoms with Gasteiger partial charge >= 0.3 is 25.3 Å². The molecule has 4 rings (SSSR count). The zero-order chi connectivity index (χ0) is 34.0. The highest BCUT2D eigenvalue weighted by Gasteiger charge is 2.60. The van der Waals surface area contributed by atoms with Crippen molar-refractivity contribution in [1.29, 1.82) is 0 Å². The molecule has 19 heteroatoms. The molecule has 16 nitrogen and oxygen atoms in total. The Morgan fingerprint density at radius 3 is 2.63 bits per heavy atom. The fraction of sp³-hybridized carbons (Fsp3) is 0.481. The Bertz CT molecular complexity index is 1700. The predicted octanol–water partition coefficient (Wildman–Crippen LogP) is 0.853. The number of benzene rings is 1. The lowest BCUT2D eigenvalue weighted by atomic mass is 10.1. The lowest BCUT2D eigenvalue weighted by molar-refractivity contribution is -0.144. The normalized spacial score (nSPS) is 21.1. The Balaban J connectivity index is 1.37. The van der Waals surface area contributed by atoms with Gasteiger partial charge in [0.2, 0.25) is 12.1 Å². The molecular formula is C27H33F2N4O12P. The van der Waals surface area contributed by atoms with Crippen molar-refractivity contribution in [3.63, 3.8) is 0 Å². The second kappa shape index (κ2) is 13.9. The molecule has 3 aromatic rings. The summed E-state index contributed by atoms with van der Waals surface area (Å²) < 4.78 is 68.6. The number of esters is 1. The van der Waals surface area contributed by atoms with E-state index in [1.54, 1.807) is 18.2 Å². The molecule has 0 saturated carbocycles. The number of fused-ring (bicyclic) bond motifs is 1. The average molecular weight is 675 g/mol. The van der Waals surface area contributed by atoms with Crippen LogP contribution in [0.5, 0.6) is 5.75 Å². The SMILES string of the molecule is COc1cc(CO)c2oc(COC(=O)Cc3ccn(C4O[C@H](COP(=O)(O)N[C@@H](C)C(=O)N(C)C)[C@@H](O)C4(F)F)c(=O)n3)cc2c1. The second-order valence-corrected chi connectivity index (χ2v) is 12.1. The van der Waals surface area contributed by atoms with Gasteiger partial charge in [0.1, 0.15) is 29.8 Å². The van der Waals surface area contributed by atoms with Crippen LogP contribution >= 0.6 is 7.75 Å². The fourth-order valence-electron chi connectivity index (χ4n) is 4.64. The van der Waals surface area contributed by atoms with Crippen LogP contribution in [-0.2, 0) is 47.8 Å². The van der Waals surface area contributed by atoms with E-state index in [1.165, 1.54) is 28.1 Å². The van der Waals surface area contributed by atoms with E-state index in [0.717, 1.165) is 17.2 Å². The summed E-state index contributed by atoms with van der Waals surface area (Å²) in [6, 6.07) is 4.81. The summed E-state index contributed by atoms with van der Waals surface area (Å²) in [6.45, 7) is -0.314. The first-order valence-electron chi connectivity index (χ1n) is 13.7. The molecule has 1 saturated heterocycles.